The lowest BCUT2D eigenvalue weighted by molar-refractivity contribution is -0.00735. The lowest BCUT2D eigenvalue weighted by atomic mass is 10.00. The van der Waals surface area contributed by atoms with Gasteiger partial charge in [0.1, 0.15) is 11.9 Å². The molecule has 0 bridgehead atoms. The van der Waals surface area contributed by atoms with Crippen LogP contribution in [0.2, 0.25) is 0 Å². The zero-order valence-corrected chi connectivity index (χ0v) is 18.6. The zero-order valence-electron chi connectivity index (χ0n) is 18.6. The van der Waals surface area contributed by atoms with Gasteiger partial charge in [0.2, 0.25) is 0 Å². The van der Waals surface area contributed by atoms with Crippen molar-refractivity contribution in [2.24, 2.45) is 11.1 Å². The minimum absolute atomic E-state index is 0.119. The maximum Gasteiger partial charge on any atom is 0.145 e. The molecule has 1 aliphatic heterocycles. The first-order valence-electron chi connectivity index (χ1n) is 10.9. The van der Waals surface area contributed by atoms with E-state index in [9.17, 15) is 9.50 Å². The minimum atomic E-state index is -0.634. The maximum atomic E-state index is 13.7. The van der Waals surface area contributed by atoms with Crippen molar-refractivity contribution in [3.63, 3.8) is 0 Å². The Morgan fingerprint density at radius 3 is 2.74 bits per heavy atom. The molecule has 168 valence electrons. The highest BCUT2D eigenvalue weighted by Gasteiger charge is 2.26. The predicted octanol–water partition coefficient (Wildman–Crippen LogP) is 4.16. The summed E-state index contributed by atoms with van der Waals surface area (Å²) in [5, 5.41) is 14.8. The SMILES string of the molecule is Cc1ccccc1C1=NO[C@H](CN(Cc2cccc(F)c2)C[C@H](O)COCC(C)C)C1. The second-order valence-corrected chi connectivity index (χ2v) is 8.69. The Kier molecular flexibility index (Phi) is 8.58. The Labute approximate surface area is 184 Å². The van der Waals surface area contributed by atoms with Crippen molar-refractivity contribution in [2.45, 2.75) is 45.9 Å². The topological polar surface area (TPSA) is 54.3 Å². The molecule has 2 atom stereocenters. The van der Waals surface area contributed by atoms with Crippen LogP contribution in [-0.2, 0) is 16.1 Å². The third-order valence-corrected chi connectivity index (χ3v) is 5.18. The van der Waals surface area contributed by atoms with Crippen molar-refractivity contribution >= 4 is 5.71 Å². The number of ether oxygens (including phenoxy) is 1. The van der Waals surface area contributed by atoms with Crippen LogP contribution in [0.3, 0.4) is 0 Å². The number of nitrogens with zero attached hydrogens (tertiary/aromatic N) is 2. The molecule has 2 aromatic rings. The molecule has 5 nitrogen and oxygen atoms in total. The first kappa shape index (κ1) is 23.4. The van der Waals surface area contributed by atoms with Crippen molar-refractivity contribution in [2.75, 3.05) is 26.3 Å². The summed E-state index contributed by atoms with van der Waals surface area (Å²) in [4.78, 5) is 7.80. The van der Waals surface area contributed by atoms with Gasteiger partial charge in [0.25, 0.3) is 0 Å². The molecule has 0 radical (unpaired) electrons. The number of benzene rings is 2. The van der Waals surface area contributed by atoms with Crippen molar-refractivity contribution in [1.29, 1.82) is 0 Å². The molecule has 0 aliphatic carbocycles. The lowest BCUT2D eigenvalue weighted by Gasteiger charge is -2.27. The van der Waals surface area contributed by atoms with Gasteiger partial charge in [-0.1, -0.05) is 55.4 Å². The van der Waals surface area contributed by atoms with E-state index >= 15 is 0 Å². The molecule has 1 aliphatic rings. The summed E-state index contributed by atoms with van der Waals surface area (Å²) in [6.45, 7) is 8.60. The van der Waals surface area contributed by atoms with Gasteiger partial charge in [-0.15, -0.1) is 0 Å². The molecule has 1 N–H and O–H groups in total. The lowest BCUT2D eigenvalue weighted by Crippen LogP contribution is -2.39. The van der Waals surface area contributed by atoms with Gasteiger partial charge in [-0.3, -0.25) is 4.90 Å². The van der Waals surface area contributed by atoms with Crippen LogP contribution in [0, 0.1) is 18.7 Å². The minimum Gasteiger partial charge on any atom is -0.390 e. The summed E-state index contributed by atoms with van der Waals surface area (Å²) in [5.74, 6) is 0.153. The summed E-state index contributed by atoms with van der Waals surface area (Å²) in [6, 6.07) is 14.7. The molecule has 3 rings (SSSR count). The van der Waals surface area contributed by atoms with E-state index in [-0.39, 0.29) is 18.5 Å². The second-order valence-electron chi connectivity index (χ2n) is 8.69. The Morgan fingerprint density at radius 1 is 1.19 bits per heavy atom. The Balaban J connectivity index is 1.61. The van der Waals surface area contributed by atoms with Crippen molar-refractivity contribution in [3.05, 3.63) is 71.0 Å². The molecule has 0 saturated carbocycles. The van der Waals surface area contributed by atoms with E-state index in [1.165, 1.54) is 17.7 Å². The normalized spacial score (nSPS) is 17.1. The zero-order chi connectivity index (χ0) is 22.2. The molecule has 6 heteroatoms. The maximum absolute atomic E-state index is 13.7. The van der Waals surface area contributed by atoms with E-state index in [1.807, 2.05) is 18.2 Å². The van der Waals surface area contributed by atoms with Gasteiger partial charge in [0.05, 0.1) is 18.4 Å². The third kappa shape index (κ3) is 7.42. The monoisotopic (exact) mass is 428 g/mol. The fraction of sp³-hybridized carbons (Fsp3) is 0.480. The largest absolute Gasteiger partial charge is 0.390 e. The molecule has 0 fully saturated rings. The molecular weight excluding hydrogens is 395 g/mol. The third-order valence-electron chi connectivity index (χ3n) is 5.18. The van der Waals surface area contributed by atoms with Crippen LogP contribution in [0.15, 0.2) is 53.7 Å². The molecule has 0 unspecified atom stereocenters. The van der Waals surface area contributed by atoms with Gasteiger partial charge in [0.15, 0.2) is 0 Å². The number of oxime groups is 1. The van der Waals surface area contributed by atoms with Gasteiger partial charge < -0.3 is 14.7 Å². The van der Waals surface area contributed by atoms with E-state index < -0.39 is 6.10 Å². The molecular formula is C25H33FN2O3. The Bertz CT molecular complexity index is 871. The quantitative estimate of drug-likeness (QED) is 0.584. The van der Waals surface area contributed by atoms with Gasteiger partial charge in [-0.25, -0.2) is 4.39 Å². The smallest absolute Gasteiger partial charge is 0.145 e. The predicted molar refractivity (Wildman–Crippen MR) is 121 cm³/mol. The second kappa shape index (κ2) is 11.4. The van der Waals surface area contributed by atoms with Crippen molar-refractivity contribution in [1.82, 2.24) is 4.90 Å². The molecule has 1 heterocycles. The Morgan fingerprint density at radius 2 is 2.00 bits per heavy atom. The van der Waals surface area contributed by atoms with Crippen LogP contribution in [0.1, 0.15) is 37.0 Å². The van der Waals surface area contributed by atoms with Gasteiger partial charge in [-0.2, -0.15) is 0 Å². The summed E-state index contributed by atoms with van der Waals surface area (Å²) in [6.07, 6.45) is -0.0535. The van der Waals surface area contributed by atoms with Gasteiger partial charge >= 0.3 is 0 Å². The molecule has 0 saturated heterocycles. The molecule has 0 aromatic heterocycles. The fourth-order valence-corrected chi connectivity index (χ4v) is 3.76. The summed E-state index contributed by atoms with van der Waals surface area (Å²) in [7, 11) is 0. The number of aliphatic hydroxyl groups excluding tert-OH is 1. The summed E-state index contributed by atoms with van der Waals surface area (Å²) in [5.41, 5.74) is 4.06. The van der Waals surface area contributed by atoms with E-state index in [1.54, 1.807) is 6.07 Å². The van der Waals surface area contributed by atoms with Crippen LogP contribution in [-0.4, -0.2) is 54.2 Å². The van der Waals surface area contributed by atoms with Crippen LogP contribution in [0.25, 0.3) is 0 Å². The van der Waals surface area contributed by atoms with Crippen LogP contribution < -0.4 is 0 Å². The molecule has 0 spiro atoms. The highest BCUT2D eigenvalue weighted by Crippen LogP contribution is 2.21. The average molecular weight is 429 g/mol. The molecule has 0 amide bonds. The van der Waals surface area contributed by atoms with E-state index in [0.29, 0.717) is 38.6 Å². The first-order chi connectivity index (χ1) is 14.9. The highest BCUT2D eigenvalue weighted by molar-refractivity contribution is 6.02. The molecule has 31 heavy (non-hydrogen) atoms. The van der Waals surface area contributed by atoms with Crippen molar-refractivity contribution < 1.29 is 19.1 Å². The van der Waals surface area contributed by atoms with E-state index in [4.69, 9.17) is 9.57 Å². The number of aryl methyl sites for hydroxylation is 1. The van der Waals surface area contributed by atoms with Crippen molar-refractivity contribution in [3.8, 4) is 0 Å². The van der Waals surface area contributed by atoms with E-state index in [2.05, 4.69) is 43.0 Å². The van der Waals surface area contributed by atoms with Gasteiger partial charge in [-0.05, 0) is 36.1 Å². The number of rotatable bonds is 11. The number of aliphatic hydroxyl groups is 1. The number of hydrogen-bond donors (Lipinski definition) is 1. The van der Waals surface area contributed by atoms with Crippen LogP contribution in [0.5, 0.6) is 0 Å². The van der Waals surface area contributed by atoms with Gasteiger partial charge in [0, 0.05) is 38.2 Å². The molecule has 2 aromatic carbocycles. The van der Waals surface area contributed by atoms with Crippen LogP contribution in [0.4, 0.5) is 4.39 Å². The number of halogens is 1. The fourth-order valence-electron chi connectivity index (χ4n) is 3.76. The standard InChI is InChI=1S/C25H33FN2O3/c1-18(2)16-30-17-22(29)14-28(13-20-8-6-9-21(26)11-20)15-23-12-25(27-31-23)24-10-5-4-7-19(24)3/h4-11,18,22-23,29H,12-17H2,1-3H3/t22-,23-/m0/s1. The highest BCUT2D eigenvalue weighted by atomic mass is 19.1. The first-order valence-corrected chi connectivity index (χ1v) is 10.9. The average Bonchev–Trinajstić information content (AvgIpc) is 3.16. The summed E-state index contributed by atoms with van der Waals surface area (Å²) >= 11 is 0. The summed E-state index contributed by atoms with van der Waals surface area (Å²) < 4.78 is 19.3. The van der Waals surface area contributed by atoms with E-state index in [0.717, 1.165) is 16.8 Å². The van der Waals surface area contributed by atoms with Crippen LogP contribution >= 0.6 is 0 Å². The Hall–Kier alpha value is -2.28. The number of hydrogen-bond acceptors (Lipinski definition) is 5.